The van der Waals surface area contributed by atoms with E-state index in [0.717, 1.165) is 35.4 Å². The number of nitrogens with zero attached hydrogens (tertiary/aromatic N) is 3. The van der Waals surface area contributed by atoms with Crippen LogP contribution in [0.2, 0.25) is 0 Å². The molecule has 7 nitrogen and oxygen atoms in total. The summed E-state index contributed by atoms with van der Waals surface area (Å²) >= 11 is 0. The van der Waals surface area contributed by atoms with Crippen molar-refractivity contribution in [3.8, 4) is 11.1 Å². The maximum absolute atomic E-state index is 6.16. The molecule has 0 aliphatic carbocycles. The predicted octanol–water partition coefficient (Wildman–Crippen LogP) is 4.25. The van der Waals surface area contributed by atoms with Gasteiger partial charge in [0.15, 0.2) is 0 Å². The van der Waals surface area contributed by atoms with Gasteiger partial charge in [-0.2, -0.15) is 0 Å². The number of nitrogens with one attached hydrogen (secondary N) is 2. The number of hydrogen-bond donors (Lipinski definition) is 4. The molecule has 186 valence electrons. The number of rotatable bonds is 9. The molecule has 0 amide bonds. The highest BCUT2D eigenvalue weighted by Crippen LogP contribution is 2.28. The van der Waals surface area contributed by atoms with Crippen LogP contribution in [0.4, 0.5) is 0 Å². The minimum Gasteiger partial charge on any atom is -0.397 e. The van der Waals surface area contributed by atoms with Gasteiger partial charge in [-0.25, -0.2) is 5.84 Å². The third-order valence-corrected chi connectivity index (χ3v) is 6.23. The molecule has 0 saturated heterocycles. The van der Waals surface area contributed by atoms with E-state index < -0.39 is 0 Å². The van der Waals surface area contributed by atoms with E-state index in [4.69, 9.17) is 11.6 Å². The largest absolute Gasteiger partial charge is 0.397 e. The van der Waals surface area contributed by atoms with Gasteiger partial charge in [-0.3, -0.25) is 10.4 Å². The molecule has 0 atom stereocenters. The summed E-state index contributed by atoms with van der Waals surface area (Å²) < 4.78 is 0. The molecule has 1 aliphatic rings. The molecule has 1 aromatic heterocycles. The first-order valence-corrected chi connectivity index (χ1v) is 12.3. The van der Waals surface area contributed by atoms with Gasteiger partial charge in [0, 0.05) is 42.5 Å². The molecular formula is C30H31N7. The van der Waals surface area contributed by atoms with E-state index in [-0.39, 0.29) is 0 Å². The van der Waals surface area contributed by atoms with Crippen molar-refractivity contribution in [1.29, 1.82) is 0 Å². The predicted molar refractivity (Wildman–Crippen MR) is 149 cm³/mol. The van der Waals surface area contributed by atoms with Crippen molar-refractivity contribution in [3.05, 3.63) is 138 Å². The highest BCUT2D eigenvalue weighted by Gasteiger charge is 2.17. The average Bonchev–Trinajstić information content (AvgIpc) is 3.42. The van der Waals surface area contributed by atoms with E-state index in [1.165, 1.54) is 16.7 Å². The van der Waals surface area contributed by atoms with E-state index in [9.17, 15) is 0 Å². The van der Waals surface area contributed by atoms with Crippen LogP contribution in [0, 0.1) is 0 Å². The molecule has 6 N–H and O–H groups in total. The van der Waals surface area contributed by atoms with Crippen LogP contribution in [0.5, 0.6) is 0 Å². The van der Waals surface area contributed by atoms with Crippen molar-refractivity contribution < 1.29 is 0 Å². The van der Waals surface area contributed by atoms with Crippen molar-refractivity contribution in [2.24, 2.45) is 11.6 Å². The smallest absolute Gasteiger partial charge is 0.0757 e. The average molecular weight is 490 g/mol. The summed E-state index contributed by atoms with van der Waals surface area (Å²) in [6.07, 6.45) is 8.08. The van der Waals surface area contributed by atoms with Crippen molar-refractivity contribution in [2.75, 3.05) is 6.54 Å². The zero-order valence-corrected chi connectivity index (χ0v) is 20.6. The Kier molecular flexibility index (Phi) is 7.45. The monoisotopic (exact) mass is 489 g/mol. The Balaban J connectivity index is 1.14. The Hall–Kier alpha value is -4.59. The Morgan fingerprint density at radius 1 is 0.865 bits per heavy atom. The van der Waals surface area contributed by atoms with Gasteiger partial charge in [-0.05, 0) is 40.8 Å². The lowest BCUT2D eigenvalue weighted by Gasteiger charge is -2.19. The molecule has 37 heavy (non-hydrogen) atoms. The molecule has 7 heteroatoms. The number of pyridine rings is 1. The molecule has 0 saturated carbocycles. The minimum absolute atomic E-state index is 0.560. The van der Waals surface area contributed by atoms with Gasteiger partial charge in [0.2, 0.25) is 0 Å². The van der Waals surface area contributed by atoms with Gasteiger partial charge in [0.05, 0.1) is 17.9 Å². The Bertz CT molecular complexity index is 1370. The van der Waals surface area contributed by atoms with E-state index in [2.05, 4.69) is 88.6 Å². The molecule has 0 radical (unpaired) electrons. The van der Waals surface area contributed by atoms with Gasteiger partial charge in [-0.15, -0.1) is 5.12 Å². The van der Waals surface area contributed by atoms with Gasteiger partial charge >= 0.3 is 0 Å². The topological polar surface area (TPSA) is 95.5 Å². The van der Waals surface area contributed by atoms with Gasteiger partial charge < -0.3 is 16.2 Å². The van der Waals surface area contributed by atoms with Crippen LogP contribution < -0.4 is 22.4 Å². The summed E-state index contributed by atoms with van der Waals surface area (Å²) in [5.41, 5.74) is 21.4. The summed E-state index contributed by atoms with van der Waals surface area (Å²) in [5, 5.41) is 3.61. The fourth-order valence-electron chi connectivity index (χ4n) is 4.29. The lowest BCUT2D eigenvalue weighted by Crippen LogP contribution is -2.40. The molecule has 0 fully saturated rings. The van der Waals surface area contributed by atoms with Crippen molar-refractivity contribution >= 4 is 11.4 Å². The third-order valence-electron chi connectivity index (χ3n) is 6.23. The first-order chi connectivity index (χ1) is 18.2. The quantitative estimate of drug-likeness (QED) is 0.206. The maximum atomic E-state index is 6.16. The van der Waals surface area contributed by atoms with Crippen molar-refractivity contribution in [2.45, 2.75) is 13.0 Å². The van der Waals surface area contributed by atoms with Gasteiger partial charge in [0.25, 0.3) is 0 Å². The van der Waals surface area contributed by atoms with Gasteiger partial charge in [-0.1, -0.05) is 78.9 Å². The number of hydrogen-bond acceptors (Lipinski definition) is 7. The van der Waals surface area contributed by atoms with Crippen LogP contribution in [-0.2, 0) is 13.0 Å². The molecule has 5 rings (SSSR count). The lowest BCUT2D eigenvalue weighted by molar-refractivity contribution is 0.199. The second kappa shape index (κ2) is 11.4. The molecule has 4 aromatic rings. The summed E-state index contributed by atoms with van der Waals surface area (Å²) in [4.78, 5) is 4.09. The number of aromatic nitrogens is 1. The fraction of sp³-hybridized carbons (Fsp3) is 0.100. The van der Waals surface area contributed by atoms with E-state index in [1.807, 2.05) is 29.5 Å². The van der Waals surface area contributed by atoms with Crippen LogP contribution in [0.1, 0.15) is 22.3 Å². The first kappa shape index (κ1) is 24.1. The van der Waals surface area contributed by atoms with Crippen LogP contribution in [0.15, 0.2) is 116 Å². The van der Waals surface area contributed by atoms with E-state index in [1.54, 1.807) is 23.6 Å². The first-order valence-electron chi connectivity index (χ1n) is 12.3. The summed E-state index contributed by atoms with van der Waals surface area (Å²) in [7, 11) is 0. The van der Waals surface area contributed by atoms with Crippen molar-refractivity contribution in [3.63, 3.8) is 0 Å². The number of benzene rings is 3. The summed E-state index contributed by atoms with van der Waals surface area (Å²) in [5.74, 6) is 6.16. The molecule has 1 aliphatic heterocycles. The number of nitrogens with two attached hydrogens (primary N) is 2. The van der Waals surface area contributed by atoms with Gasteiger partial charge in [0.1, 0.15) is 0 Å². The fourth-order valence-corrected chi connectivity index (χ4v) is 4.29. The third kappa shape index (κ3) is 6.16. The molecule has 0 bridgehead atoms. The maximum Gasteiger partial charge on any atom is 0.0757 e. The van der Waals surface area contributed by atoms with Crippen LogP contribution in [0.25, 0.3) is 22.5 Å². The van der Waals surface area contributed by atoms with Crippen LogP contribution in [-0.4, -0.2) is 21.7 Å². The molecule has 0 spiro atoms. The molecule has 3 aromatic carbocycles. The lowest BCUT2D eigenvalue weighted by atomic mass is 9.98. The van der Waals surface area contributed by atoms with E-state index >= 15 is 0 Å². The second-order valence-corrected chi connectivity index (χ2v) is 8.93. The highest BCUT2D eigenvalue weighted by molar-refractivity contribution is 5.80. The highest BCUT2D eigenvalue weighted by atomic mass is 15.7. The van der Waals surface area contributed by atoms with E-state index in [0.29, 0.717) is 12.2 Å². The van der Waals surface area contributed by atoms with Crippen molar-refractivity contribution in [1.82, 2.24) is 26.0 Å². The summed E-state index contributed by atoms with van der Waals surface area (Å²) in [6.45, 7) is 1.37. The standard InChI is InChI=1S/C30H31N7/c31-29(26-9-6-17-33-19-26)22-36(32)21-24-14-12-23(13-15-24)16-18-37-34-20-30(35-37)28-11-5-4-10-27(28)25-7-2-1-3-8-25/h1-15,17,19-20,22,34-35H,16,18,21,31-32H2/b29-22-. The normalized spacial score (nSPS) is 13.5. The van der Waals surface area contributed by atoms with Crippen LogP contribution >= 0.6 is 0 Å². The molecule has 0 unspecified atom stereocenters. The van der Waals surface area contributed by atoms with Crippen LogP contribution in [0.3, 0.4) is 0 Å². The Labute approximate surface area is 217 Å². The zero-order chi connectivity index (χ0) is 25.5. The molecular weight excluding hydrogens is 458 g/mol. The Morgan fingerprint density at radius 3 is 2.35 bits per heavy atom. The zero-order valence-electron chi connectivity index (χ0n) is 20.6. The number of hydrazine groups is 3. The SMILES string of the molecule is N/C(=C\N(N)Cc1ccc(CCN2NC=C(c3ccccc3-c3ccccc3)N2)cc1)c1cccnc1. The Morgan fingerprint density at radius 2 is 1.59 bits per heavy atom. The minimum atomic E-state index is 0.560. The second-order valence-electron chi connectivity index (χ2n) is 8.93. The summed E-state index contributed by atoms with van der Waals surface area (Å²) in [6, 6.07) is 31.2. The molecule has 2 heterocycles.